The van der Waals surface area contributed by atoms with Gasteiger partial charge in [-0.3, -0.25) is 14.4 Å². The summed E-state index contributed by atoms with van der Waals surface area (Å²) in [6.07, 6.45) is 0. The third kappa shape index (κ3) is 2.20. The van der Waals surface area contributed by atoms with E-state index >= 15 is 0 Å². The van der Waals surface area contributed by atoms with E-state index in [1.807, 2.05) is 0 Å². The van der Waals surface area contributed by atoms with Crippen LogP contribution in [0.1, 0.15) is 36.7 Å². The smallest absolute Gasteiger partial charge is 0.324 e. The Morgan fingerprint density at radius 2 is 2.00 bits per heavy atom. The Morgan fingerprint density at radius 1 is 1.35 bits per heavy atom. The highest BCUT2D eigenvalue weighted by Crippen LogP contribution is 2.38. The lowest BCUT2D eigenvalue weighted by Gasteiger charge is -2.33. The third-order valence-electron chi connectivity index (χ3n) is 3.58. The second-order valence-corrected chi connectivity index (χ2v) is 6.14. The van der Waals surface area contributed by atoms with Crippen LogP contribution in [0.3, 0.4) is 0 Å². The number of hydrogen-bond donors (Lipinski definition) is 0. The first-order chi connectivity index (χ1) is 9.30. The molecule has 0 radical (unpaired) electrons. The van der Waals surface area contributed by atoms with E-state index in [-0.39, 0.29) is 6.61 Å². The molecule has 1 aromatic carbocycles. The monoisotopic (exact) mass is 338 g/mol. The summed E-state index contributed by atoms with van der Waals surface area (Å²) in [6.45, 7) is 5.23. The van der Waals surface area contributed by atoms with Crippen LogP contribution in [0.5, 0.6) is 0 Å². The van der Waals surface area contributed by atoms with Gasteiger partial charge in [-0.25, -0.2) is 0 Å². The predicted octanol–water partition coefficient (Wildman–Crippen LogP) is 2.67. The average molecular weight is 339 g/mol. The first-order valence-electron chi connectivity index (χ1n) is 6.36. The van der Waals surface area contributed by atoms with Crippen molar-refractivity contribution >= 4 is 33.5 Å². The molecular formula is C15H15BrO4. The van der Waals surface area contributed by atoms with Crippen molar-refractivity contribution in [3.8, 4) is 0 Å². The fourth-order valence-electron chi connectivity index (χ4n) is 2.47. The number of fused-ring (bicyclic) bond motifs is 1. The van der Waals surface area contributed by atoms with Gasteiger partial charge in [0, 0.05) is 10.0 Å². The predicted molar refractivity (Wildman–Crippen MR) is 76.6 cm³/mol. The van der Waals surface area contributed by atoms with Crippen LogP contribution < -0.4 is 0 Å². The molecule has 0 saturated heterocycles. The number of Topliss-reactive ketones (excluding diaryl/α,β-unsaturated/α-hetero) is 2. The SMILES string of the molecule is CCOC(=O)C1C(=O)c2cc(Br)ccc2C(C)(C)C1=O. The molecular weight excluding hydrogens is 324 g/mol. The zero-order valence-corrected chi connectivity index (χ0v) is 13.1. The molecule has 1 aromatic rings. The summed E-state index contributed by atoms with van der Waals surface area (Å²) in [5.74, 6) is -3.01. The normalized spacial score (nSPS) is 20.5. The van der Waals surface area contributed by atoms with E-state index in [0.29, 0.717) is 11.1 Å². The Labute approximate surface area is 125 Å². The third-order valence-corrected chi connectivity index (χ3v) is 4.08. The lowest BCUT2D eigenvalue weighted by molar-refractivity contribution is -0.150. The van der Waals surface area contributed by atoms with Gasteiger partial charge in [-0.05, 0) is 38.5 Å². The van der Waals surface area contributed by atoms with E-state index in [0.717, 1.165) is 4.47 Å². The number of esters is 1. The van der Waals surface area contributed by atoms with Gasteiger partial charge in [-0.2, -0.15) is 0 Å². The lowest BCUT2D eigenvalue weighted by atomic mass is 9.67. The second-order valence-electron chi connectivity index (χ2n) is 5.23. The van der Waals surface area contributed by atoms with Crippen LogP contribution in [0, 0.1) is 5.92 Å². The Balaban J connectivity index is 2.60. The van der Waals surface area contributed by atoms with Crippen LogP contribution in [-0.2, 0) is 19.7 Å². The molecule has 2 rings (SSSR count). The largest absolute Gasteiger partial charge is 0.465 e. The van der Waals surface area contributed by atoms with E-state index in [1.165, 1.54) is 0 Å². The van der Waals surface area contributed by atoms with E-state index in [2.05, 4.69) is 15.9 Å². The van der Waals surface area contributed by atoms with Crippen molar-refractivity contribution < 1.29 is 19.1 Å². The number of benzene rings is 1. The second kappa shape index (κ2) is 5.13. The van der Waals surface area contributed by atoms with Gasteiger partial charge in [0.2, 0.25) is 0 Å². The minimum atomic E-state index is -1.35. The molecule has 106 valence electrons. The minimum absolute atomic E-state index is 0.141. The molecule has 1 aliphatic carbocycles. The molecule has 4 nitrogen and oxygen atoms in total. The van der Waals surface area contributed by atoms with Gasteiger partial charge >= 0.3 is 5.97 Å². The summed E-state index contributed by atoms with van der Waals surface area (Å²) in [5.41, 5.74) is 0.166. The zero-order chi connectivity index (χ0) is 15.1. The molecule has 0 amide bonds. The van der Waals surface area contributed by atoms with Crippen LogP contribution in [0.4, 0.5) is 0 Å². The molecule has 5 heteroatoms. The highest BCUT2D eigenvalue weighted by atomic mass is 79.9. The topological polar surface area (TPSA) is 60.4 Å². The highest BCUT2D eigenvalue weighted by molar-refractivity contribution is 9.10. The van der Waals surface area contributed by atoms with Crippen molar-refractivity contribution in [2.75, 3.05) is 6.61 Å². The van der Waals surface area contributed by atoms with Crippen LogP contribution >= 0.6 is 15.9 Å². The Morgan fingerprint density at radius 3 is 2.60 bits per heavy atom. The summed E-state index contributed by atoms with van der Waals surface area (Å²) >= 11 is 3.30. The minimum Gasteiger partial charge on any atom is -0.465 e. The molecule has 0 bridgehead atoms. The number of carbonyl (C=O) groups is 3. The first-order valence-corrected chi connectivity index (χ1v) is 7.15. The van der Waals surface area contributed by atoms with E-state index in [9.17, 15) is 14.4 Å². The molecule has 0 fully saturated rings. The maximum atomic E-state index is 12.5. The fraction of sp³-hybridized carbons (Fsp3) is 0.400. The maximum absolute atomic E-state index is 12.5. The molecule has 0 N–H and O–H groups in total. The van der Waals surface area contributed by atoms with Gasteiger partial charge in [0.15, 0.2) is 17.5 Å². The van der Waals surface area contributed by atoms with E-state index < -0.39 is 28.9 Å². The summed E-state index contributed by atoms with van der Waals surface area (Å²) in [5, 5.41) is 0. The number of hydrogen-bond acceptors (Lipinski definition) is 4. The number of halogens is 1. The zero-order valence-electron chi connectivity index (χ0n) is 11.5. The van der Waals surface area contributed by atoms with Crippen LogP contribution in [0.2, 0.25) is 0 Å². The fourth-order valence-corrected chi connectivity index (χ4v) is 2.83. The molecule has 0 saturated carbocycles. The Bertz CT molecular complexity index is 604. The van der Waals surface area contributed by atoms with Gasteiger partial charge in [0.1, 0.15) is 0 Å². The maximum Gasteiger partial charge on any atom is 0.324 e. The summed E-state index contributed by atoms with van der Waals surface area (Å²) < 4.78 is 5.60. The highest BCUT2D eigenvalue weighted by Gasteiger charge is 2.50. The first kappa shape index (κ1) is 14.9. The van der Waals surface area contributed by atoms with E-state index in [4.69, 9.17) is 4.74 Å². The standard InChI is InChI=1S/C15H15BrO4/c1-4-20-14(19)11-12(17)9-7-8(16)5-6-10(9)15(2,3)13(11)18/h5-7,11H,4H2,1-3H3. The molecule has 0 aromatic heterocycles. The molecule has 20 heavy (non-hydrogen) atoms. The molecule has 0 spiro atoms. The van der Waals surface area contributed by atoms with Crippen LogP contribution in [-0.4, -0.2) is 24.1 Å². The summed E-state index contributed by atoms with van der Waals surface area (Å²) in [4.78, 5) is 36.9. The van der Waals surface area contributed by atoms with Gasteiger partial charge < -0.3 is 4.74 Å². The van der Waals surface area contributed by atoms with Gasteiger partial charge in [-0.1, -0.05) is 22.0 Å². The Kier molecular flexibility index (Phi) is 3.82. The molecule has 1 unspecified atom stereocenters. The number of carbonyl (C=O) groups excluding carboxylic acids is 3. The Hall–Kier alpha value is -1.49. The van der Waals surface area contributed by atoms with Crippen molar-refractivity contribution in [1.82, 2.24) is 0 Å². The van der Waals surface area contributed by atoms with Crippen molar-refractivity contribution in [1.29, 1.82) is 0 Å². The number of rotatable bonds is 2. The molecule has 0 heterocycles. The molecule has 0 aliphatic heterocycles. The van der Waals surface area contributed by atoms with Crippen molar-refractivity contribution in [2.24, 2.45) is 5.92 Å². The molecule has 1 atom stereocenters. The van der Waals surface area contributed by atoms with Gasteiger partial charge in [-0.15, -0.1) is 0 Å². The van der Waals surface area contributed by atoms with Crippen molar-refractivity contribution in [3.63, 3.8) is 0 Å². The quantitative estimate of drug-likeness (QED) is 0.614. The van der Waals surface area contributed by atoms with Gasteiger partial charge in [0.05, 0.1) is 12.0 Å². The van der Waals surface area contributed by atoms with Crippen LogP contribution in [0.25, 0.3) is 0 Å². The summed E-state index contributed by atoms with van der Waals surface area (Å²) in [6, 6.07) is 5.18. The summed E-state index contributed by atoms with van der Waals surface area (Å²) in [7, 11) is 0. The molecule has 1 aliphatic rings. The van der Waals surface area contributed by atoms with Gasteiger partial charge in [0.25, 0.3) is 0 Å². The number of ether oxygens (including phenoxy) is 1. The van der Waals surface area contributed by atoms with Crippen molar-refractivity contribution in [3.05, 3.63) is 33.8 Å². The number of ketones is 2. The lowest BCUT2D eigenvalue weighted by Crippen LogP contribution is -2.48. The van der Waals surface area contributed by atoms with Crippen LogP contribution in [0.15, 0.2) is 22.7 Å². The van der Waals surface area contributed by atoms with E-state index in [1.54, 1.807) is 39.0 Å². The average Bonchev–Trinajstić information content (AvgIpc) is 2.37. The van der Waals surface area contributed by atoms with Crippen molar-refractivity contribution in [2.45, 2.75) is 26.2 Å².